The number of esters is 1. The van der Waals surface area contributed by atoms with Crippen LogP contribution in [0.3, 0.4) is 0 Å². The first-order valence-corrected chi connectivity index (χ1v) is 10.2. The second-order valence-electron chi connectivity index (χ2n) is 7.82. The molecule has 8 nitrogen and oxygen atoms in total. The monoisotopic (exact) mass is 435 g/mol. The third kappa shape index (κ3) is 3.69. The van der Waals surface area contributed by atoms with Crippen molar-refractivity contribution in [1.29, 1.82) is 5.26 Å². The maximum absolute atomic E-state index is 14.4. The smallest absolute Gasteiger partial charge is 0.343 e. The van der Waals surface area contributed by atoms with Gasteiger partial charge in [-0.2, -0.15) is 5.26 Å². The van der Waals surface area contributed by atoms with Crippen molar-refractivity contribution >= 4 is 22.7 Å². The number of ether oxygens (including phenoxy) is 1. The summed E-state index contributed by atoms with van der Waals surface area (Å²) in [5, 5.41) is 9.22. The number of benzene rings is 1. The quantitative estimate of drug-likeness (QED) is 0.568. The predicted molar refractivity (Wildman–Crippen MR) is 118 cm³/mol. The Morgan fingerprint density at radius 1 is 1.34 bits per heavy atom. The molecule has 1 aromatic carbocycles. The summed E-state index contributed by atoms with van der Waals surface area (Å²) in [6.45, 7) is 3.48. The average molecular weight is 435 g/mol. The van der Waals surface area contributed by atoms with Gasteiger partial charge in [0, 0.05) is 30.7 Å². The standard InChI is InChI=1S/C23H22FN5O3/c1-4-32-23(31)18-13-29(20-8-19(24)14(9-25)7-17(20)22(18)30)15-5-6-21(26-10-15)28-11-16(12-28)27(2)3/h5-8,10,13,16H,4,11-12H2,1-3H3. The fraction of sp³-hybridized carbons (Fsp3) is 0.304. The summed E-state index contributed by atoms with van der Waals surface area (Å²) in [6.07, 6.45) is 2.93. The fourth-order valence-corrected chi connectivity index (χ4v) is 3.68. The van der Waals surface area contributed by atoms with Crippen molar-refractivity contribution in [2.45, 2.75) is 13.0 Å². The van der Waals surface area contributed by atoms with Crippen molar-refractivity contribution in [3.05, 3.63) is 63.8 Å². The van der Waals surface area contributed by atoms with Crippen LogP contribution in [-0.4, -0.2) is 60.3 Å². The van der Waals surface area contributed by atoms with E-state index < -0.39 is 17.2 Å². The Balaban J connectivity index is 1.81. The number of nitriles is 1. The second-order valence-corrected chi connectivity index (χ2v) is 7.82. The number of pyridine rings is 2. The van der Waals surface area contributed by atoms with Crippen LogP contribution in [0.4, 0.5) is 10.2 Å². The molecule has 32 heavy (non-hydrogen) atoms. The molecule has 0 atom stereocenters. The van der Waals surface area contributed by atoms with E-state index in [1.54, 1.807) is 25.3 Å². The van der Waals surface area contributed by atoms with E-state index >= 15 is 0 Å². The van der Waals surface area contributed by atoms with Crippen LogP contribution in [0.1, 0.15) is 22.8 Å². The molecule has 9 heteroatoms. The van der Waals surface area contributed by atoms with E-state index in [0.29, 0.717) is 11.7 Å². The number of halogens is 1. The fourth-order valence-electron chi connectivity index (χ4n) is 3.68. The van der Waals surface area contributed by atoms with Gasteiger partial charge < -0.3 is 19.1 Å². The van der Waals surface area contributed by atoms with E-state index in [2.05, 4.69) is 14.8 Å². The van der Waals surface area contributed by atoms with Gasteiger partial charge in [-0.25, -0.2) is 14.2 Å². The van der Waals surface area contributed by atoms with Crippen LogP contribution >= 0.6 is 0 Å². The number of fused-ring (bicyclic) bond motifs is 1. The minimum absolute atomic E-state index is 0.0501. The molecule has 0 saturated carbocycles. The molecule has 2 aromatic heterocycles. The summed E-state index contributed by atoms with van der Waals surface area (Å²) in [7, 11) is 4.08. The lowest BCUT2D eigenvalue weighted by molar-refractivity contribution is 0.0524. The first-order valence-electron chi connectivity index (χ1n) is 10.2. The number of hydrogen-bond acceptors (Lipinski definition) is 7. The molecule has 0 spiro atoms. The van der Waals surface area contributed by atoms with Crippen LogP contribution in [0.25, 0.3) is 16.6 Å². The molecule has 1 aliphatic heterocycles. The first-order chi connectivity index (χ1) is 15.3. The molecule has 4 rings (SSSR count). The highest BCUT2D eigenvalue weighted by Crippen LogP contribution is 2.24. The maximum Gasteiger partial charge on any atom is 0.343 e. The Morgan fingerprint density at radius 3 is 2.69 bits per heavy atom. The van der Waals surface area contributed by atoms with Crippen molar-refractivity contribution in [2.24, 2.45) is 0 Å². The molecule has 3 aromatic rings. The number of anilines is 1. The lowest BCUT2D eigenvalue weighted by Gasteiger charge is -2.43. The SMILES string of the molecule is CCOC(=O)c1cn(-c2ccc(N3CC(N(C)C)C3)nc2)c2cc(F)c(C#N)cc2c1=O. The summed E-state index contributed by atoms with van der Waals surface area (Å²) in [6, 6.07) is 8.12. The van der Waals surface area contributed by atoms with Crippen LogP contribution < -0.4 is 10.3 Å². The van der Waals surface area contributed by atoms with Crippen LogP contribution in [0.15, 0.2) is 41.5 Å². The van der Waals surface area contributed by atoms with Crippen molar-refractivity contribution in [2.75, 3.05) is 38.7 Å². The van der Waals surface area contributed by atoms with Crippen molar-refractivity contribution in [3.63, 3.8) is 0 Å². The molecule has 0 radical (unpaired) electrons. The summed E-state index contributed by atoms with van der Waals surface area (Å²) in [4.78, 5) is 34.1. The van der Waals surface area contributed by atoms with Gasteiger partial charge in [0.15, 0.2) is 0 Å². The largest absolute Gasteiger partial charge is 0.462 e. The third-order valence-corrected chi connectivity index (χ3v) is 5.64. The van der Waals surface area contributed by atoms with Crippen LogP contribution in [0, 0.1) is 17.1 Å². The van der Waals surface area contributed by atoms with E-state index in [1.807, 2.05) is 20.2 Å². The Labute approximate surface area is 184 Å². The van der Waals surface area contributed by atoms with Gasteiger partial charge in [0.2, 0.25) is 5.43 Å². The molecule has 0 N–H and O–H groups in total. The van der Waals surface area contributed by atoms with Gasteiger partial charge >= 0.3 is 5.97 Å². The number of carbonyl (C=O) groups excluding carboxylic acids is 1. The summed E-state index contributed by atoms with van der Waals surface area (Å²) >= 11 is 0. The molecule has 0 unspecified atom stereocenters. The Bertz CT molecular complexity index is 1290. The third-order valence-electron chi connectivity index (χ3n) is 5.64. The van der Waals surface area contributed by atoms with Gasteiger partial charge in [0.1, 0.15) is 23.3 Å². The van der Waals surface area contributed by atoms with Crippen LogP contribution in [-0.2, 0) is 4.74 Å². The molecule has 0 aliphatic carbocycles. The average Bonchev–Trinajstić information content (AvgIpc) is 2.73. The number of hydrogen-bond donors (Lipinski definition) is 0. The van der Waals surface area contributed by atoms with Gasteiger partial charge in [-0.1, -0.05) is 0 Å². The summed E-state index contributed by atoms with van der Waals surface area (Å²) in [5.41, 5.74) is -0.325. The zero-order chi connectivity index (χ0) is 23.0. The molecule has 1 aliphatic rings. The molecular weight excluding hydrogens is 413 g/mol. The van der Waals surface area contributed by atoms with Gasteiger partial charge in [-0.3, -0.25) is 4.79 Å². The van der Waals surface area contributed by atoms with Crippen molar-refractivity contribution in [3.8, 4) is 11.8 Å². The lowest BCUT2D eigenvalue weighted by atomic mass is 10.1. The van der Waals surface area contributed by atoms with Gasteiger partial charge in [0.25, 0.3) is 0 Å². The van der Waals surface area contributed by atoms with Crippen LogP contribution in [0.2, 0.25) is 0 Å². The number of aromatic nitrogens is 2. The number of nitrogens with zero attached hydrogens (tertiary/aromatic N) is 5. The Kier molecular flexibility index (Phi) is 5.63. The topological polar surface area (TPSA) is 91.5 Å². The Hall–Kier alpha value is -3.77. The molecule has 1 fully saturated rings. The van der Waals surface area contributed by atoms with E-state index in [4.69, 9.17) is 4.74 Å². The maximum atomic E-state index is 14.4. The molecule has 0 bridgehead atoms. The zero-order valence-electron chi connectivity index (χ0n) is 18.0. The molecule has 3 heterocycles. The van der Waals surface area contributed by atoms with Crippen LogP contribution in [0.5, 0.6) is 0 Å². The van der Waals surface area contributed by atoms with Crippen molar-refractivity contribution in [1.82, 2.24) is 14.5 Å². The second kappa shape index (κ2) is 8.40. The number of likely N-dealkylation sites (N-methyl/N-ethyl adjacent to an activating group) is 1. The Morgan fingerprint density at radius 2 is 2.09 bits per heavy atom. The van der Waals surface area contributed by atoms with E-state index in [9.17, 15) is 19.2 Å². The molecular formula is C23H22FN5O3. The predicted octanol–water partition coefficient (Wildman–Crippen LogP) is 2.32. The van der Waals surface area contributed by atoms with E-state index in [1.165, 1.54) is 10.8 Å². The first kappa shape index (κ1) is 21.5. The minimum atomic E-state index is -0.782. The van der Waals surface area contributed by atoms with E-state index in [0.717, 1.165) is 31.0 Å². The number of rotatable bonds is 5. The van der Waals surface area contributed by atoms with E-state index in [-0.39, 0.29) is 28.6 Å². The molecule has 164 valence electrons. The lowest BCUT2D eigenvalue weighted by Crippen LogP contribution is -2.57. The highest BCUT2D eigenvalue weighted by Gasteiger charge is 2.29. The summed E-state index contributed by atoms with van der Waals surface area (Å²) in [5.74, 6) is -0.728. The highest BCUT2D eigenvalue weighted by molar-refractivity contribution is 5.94. The molecule has 1 saturated heterocycles. The summed E-state index contributed by atoms with van der Waals surface area (Å²) < 4.78 is 20.9. The highest BCUT2D eigenvalue weighted by atomic mass is 19.1. The van der Waals surface area contributed by atoms with Crippen molar-refractivity contribution < 1.29 is 13.9 Å². The normalized spacial score (nSPS) is 13.8. The zero-order valence-corrected chi connectivity index (χ0v) is 18.0. The molecule has 0 amide bonds. The van der Waals surface area contributed by atoms with Gasteiger partial charge in [0.05, 0.1) is 29.6 Å². The van der Waals surface area contributed by atoms with Gasteiger partial charge in [-0.05, 0) is 45.3 Å². The minimum Gasteiger partial charge on any atom is -0.462 e. The van der Waals surface area contributed by atoms with Gasteiger partial charge in [-0.15, -0.1) is 0 Å². The number of carbonyl (C=O) groups is 1.